The van der Waals surface area contributed by atoms with Crippen LogP contribution in [0.25, 0.3) is 0 Å². The van der Waals surface area contributed by atoms with Crippen molar-refractivity contribution in [3.63, 3.8) is 0 Å². The lowest BCUT2D eigenvalue weighted by Gasteiger charge is -2.08. The third kappa shape index (κ3) is 3.28. The number of hydrogen-bond donors (Lipinski definition) is 2. The van der Waals surface area contributed by atoms with Gasteiger partial charge in [0.15, 0.2) is 0 Å². The molecule has 2 rings (SSSR count). The molecular weight excluding hydrogens is 242 g/mol. The van der Waals surface area contributed by atoms with Crippen molar-refractivity contribution in [1.82, 2.24) is 9.97 Å². The van der Waals surface area contributed by atoms with Crippen molar-refractivity contribution in [3.05, 3.63) is 16.4 Å². The number of rotatable bonds is 6. The lowest BCUT2D eigenvalue weighted by molar-refractivity contribution is 0.0991. The number of hydrogen-bond acceptors (Lipinski definition) is 5. The summed E-state index contributed by atoms with van der Waals surface area (Å²) >= 11 is 6.08. The first-order valence-corrected chi connectivity index (χ1v) is 6.17. The zero-order valence-electron chi connectivity index (χ0n) is 9.58. The van der Waals surface area contributed by atoms with Gasteiger partial charge in [-0.05, 0) is 19.3 Å². The number of aliphatic hydroxyl groups is 1. The number of aromatic nitrogens is 2. The van der Waals surface area contributed by atoms with Crippen LogP contribution in [0.5, 0.6) is 0 Å². The van der Waals surface area contributed by atoms with Crippen molar-refractivity contribution >= 4 is 17.5 Å². The zero-order chi connectivity index (χ0) is 12.1. The van der Waals surface area contributed by atoms with Crippen molar-refractivity contribution in [1.29, 1.82) is 0 Å². The van der Waals surface area contributed by atoms with Gasteiger partial charge in [-0.3, -0.25) is 0 Å². The molecule has 1 aromatic rings. The van der Waals surface area contributed by atoms with Gasteiger partial charge < -0.3 is 15.2 Å². The van der Waals surface area contributed by atoms with E-state index in [4.69, 9.17) is 21.4 Å². The van der Waals surface area contributed by atoms with E-state index in [9.17, 15) is 0 Å². The van der Waals surface area contributed by atoms with Crippen LogP contribution in [0.3, 0.4) is 0 Å². The minimum atomic E-state index is 0.0428. The zero-order valence-corrected chi connectivity index (χ0v) is 10.3. The predicted octanol–water partition coefficient (Wildman–Crippen LogP) is 1.04. The first-order chi connectivity index (χ1) is 8.31. The highest BCUT2D eigenvalue weighted by molar-refractivity contribution is 6.30. The molecule has 2 N–H and O–H groups in total. The van der Waals surface area contributed by atoms with Crippen LogP contribution in [0.4, 0.5) is 5.95 Å². The van der Waals surface area contributed by atoms with Crippen LogP contribution in [-0.4, -0.2) is 41.4 Å². The molecule has 6 heteroatoms. The lowest BCUT2D eigenvalue weighted by Crippen LogP contribution is -2.13. The maximum atomic E-state index is 8.54. The van der Waals surface area contributed by atoms with E-state index in [0.717, 1.165) is 30.5 Å². The SMILES string of the molecule is OCCOCCNc1nc(Cl)c2c(n1)CCC2. The number of aliphatic hydroxyl groups excluding tert-OH is 1. The number of aryl methyl sites for hydroxylation is 1. The third-order valence-corrected chi connectivity index (χ3v) is 2.96. The highest BCUT2D eigenvalue weighted by Gasteiger charge is 2.17. The van der Waals surface area contributed by atoms with Crippen LogP contribution in [-0.2, 0) is 17.6 Å². The molecule has 0 bridgehead atoms. The Kier molecular flexibility index (Phi) is 4.53. The van der Waals surface area contributed by atoms with Crippen LogP contribution in [0, 0.1) is 0 Å². The predicted molar refractivity (Wildman–Crippen MR) is 65.5 cm³/mol. The minimum Gasteiger partial charge on any atom is -0.394 e. The van der Waals surface area contributed by atoms with Crippen LogP contribution in [0.15, 0.2) is 0 Å². The van der Waals surface area contributed by atoms with Gasteiger partial charge in [-0.15, -0.1) is 0 Å². The molecule has 17 heavy (non-hydrogen) atoms. The van der Waals surface area contributed by atoms with E-state index in [1.807, 2.05) is 0 Å². The van der Waals surface area contributed by atoms with Crippen LogP contribution in [0.1, 0.15) is 17.7 Å². The fourth-order valence-electron chi connectivity index (χ4n) is 1.87. The molecule has 1 aromatic heterocycles. The van der Waals surface area contributed by atoms with Crippen LogP contribution >= 0.6 is 11.6 Å². The third-order valence-electron chi connectivity index (χ3n) is 2.65. The largest absolute Gasteiger partial charge is 0.394 e. The molecular formula is C11H16ClN3O2. The molecule has 0 spiro atoms. The summed E-state index contributed by atoms with van der Waals surface area (Å²) in [5.41, 5.74) is 2.15. The van der Waals surface area contributed by atoms with E-state index in [2.05, 4.69) is 15.3 Å². The summed E-state index contributed by atoms with van der Waals surface area (Å²) in [6.45, 7) is 1.52. The molecule has 0 fully saturated rings. The molecule has 1 aliphatic carbocycles. The highest BCUT2D eigenvalue weighted by Crippen LogP contribution is 2.26. The van der Waals surface area contributed by atoms with Gasteiger partial charge in [0.25, 0.3) is 0 Å². The van der Waals surface area contributed by atoms with E-state index >= 15 is 0 Å². The minimum absolute atomic E-state index is 0.0428. The average molecular weight is 258 g/mol. The van der Waals surface area contributed by atoms with Gasteiger partial charge in [0.05, 0.1) is 25.5 Å². The quantitative estimate of drug-likeness (QED) is 0.589. The fourth-order valence-corrected chi connectivity index (χ4v) is 2.15. The second-order valence-corrected chi connectivity index (χ2v) is 4.24. The molecule has 0 amide bonds. The second kappa shape index (κ2) is 6.14. The first-order valence-electron chi connectivity index (χ1n) is 5.79. The van der Waals surface area contributed by atoms with Crippen molar-refractivity contribution in [2.75, 3.05) is 31.7 Å². The van der Waals surface area contributed by atoms with Crippen molar-refractivity contribution in [3.8, 4) is 0 Å². The van der Waals surface area contributed by atoms with E-state index in [-0.39, 0.29) is 6.61 Å². The number of halogens is 1. The molecule has 0 atom stereocenters. The summed E-state index contributed by atoms with van der Waals surface area (Å²) in [7, 11) is 0. The number of ether oxygens (including phenoxy) is 1. The first kappa shape index (κ1) is 12.5. The molecule has 0 saturated carbocycles. The molecule has 0 unspecified atom stereocenters. The Morgan fingerprint density at radius 2 is 2.18 bits per heavy atom. The maximum absolute atomic E-state index is 8.54. The molecule has 94 valence electrons. The topological polar surface area (TPSA) is 67.3 Å². The van der Waals surface area contributed by atoms with Crippen LogP contribution < -0.4 is 5.32 Å². The van der Waals surface area contributed by atoms with Gasteiger partial charge in [-0.2, -0.15) is 0 Å². The summed E-state index contributed by atoms with van der Waals surface area (Å²) in [6.07, 6.45) is 3.06. The summed E-state index contributed by atoms with van der Waals surface area (Å²) in [6, 6.07) is 0. The summed E-state index contributed by atoms with van der Waals surface area (Å²) in [4.78, 5) is 8.62. The molecule has 1 heterocycles. The molecule has 1 aliphatic rings. The van der Waals surface area contributed by atoms with Crippen molar-refractivity contribution < 1.29 is 9.84 Å². The Hall–Kier alpha value is -0.910. The summed E-state index contributed by atoms with van der Waals surface area (Å²) < 4.78 is 5.13. The van der Waals surface area contributed by atoms with E-state index in [1.54, 1.807) is 0 Å². The van der Waals surface area contributed by atoms with Crippen LogP contribution in [0.2, 0.25) is 5.15 Å². The van der Waals surface area contributed by atoms with E-state index < -0.39 is 0 Å². The van der Waals surface area contributed by atoms with Gasteiger partial charge in [-0.25, -0.2) is 9.97 Å². The lowest BCUT2D eigenvalue weighted by atomic mass is 10.3. The van der Waals surface area contributed by atoms with E-state index in [0.29, 0.717) is 30.9 Å². The molecule has 0 aliphatic heterocycles. The Morgan fingerprint density at radius 1 is 1.29 bits per heavy atom. The standard InChI is InChI=1S/C11H16ClN3O2/c12-10-8-2-1-3-9(8)14-11(15-10)13-4-6-17-7-5-16/h16H,1-7H2,(H,13,14,15). The Labute approximate surface area is 105 Å². The van der Waals surface area contributed by atoms with Gasteiger partial charge in [0.1, 0.15) is 5.15 Å². The molecule has 0 radical (unpaired) electrons. The Bertz CT molecular complexity index is 387. The molecule has 0 saturated heterocycles. The number of anilines is 1. The maximum Gasteiger partial charge on any atom is 0.224 e. The smallest absolute Gasteiger partial charge is 0.224 e. The van der Waals surface area contributed by atoms with Gasteiger partial charge in [0, 0.05) is 12.1 Å². The average Bonchev–Trinajstić information content (AvgIpc) is 2.77. The van der Waals surface area contributed by atoms with Crippen molar-refractivity contribution in [2.45, 2.75) is 19.3 Å². The summed E-state index contributed by atoms with van der Waals surface area (Å²) in [5, 5.41) is 12.2. The normalized spacial score (nSPS) is 13.8. The monoisotopic (exact) mass is 257 g/mol. The Balaban J connectivity index is 1.87. The van der Waals surface area contributed by atoms with Crippen molar-refractivity contribution in [2.24, 2.45) is 0 Å². The van der Waals surface area contributed by atoms with E-state index in [1.165, 1.54) is 0 Å². The van der Waals surface area contributed by atoms with Gasteiger partial charge >= 0.3 is 0 Å². The second-order valence-electron chi connectivity index (χ2n) is 3.88. The fraction of sp³-hybridized carbons (Fsp3) is 0.636. The number of nitrogens with one attached hydrogen (secondary N) is 1. The Morgan fingerprint density at radius 3 is 3.00 bits per heavy atom. The number of nitrogens with zero attached hydrogens (tertiary/aromatic N) is 2. The molecule has 5 nitrogen and oxygen atoms in total. The van der Waals surface area contributed by atoms with Gasteiger partial charge in [-0.1, -0.05) is 11.6 Å². The van der Waals surface area contributed by atoms with Gasteiger partial charge in [0.2, 0.25) is 5.95 Å². The summed E-state index contributed by atoms with van der Waals surface area (Å²) in [5.74, 6) is 0.559. The highest BCUT2D eigenvalue weighted by atomic mass is 35.5. The molecule has 0 aromatic carbocycles. The number of fused-ring (bicyclic) bond motifs is 1.